The van der Waals surface area contributed by atoms with Gasteiger partial charge >= 0.3 is 0 Å². The van der Waals surface area contributed by atoms with E-state index in [0.717, 1.165) is 15.8 Å². The Hall–Kier alpha value is -0.140. The summed E-state index contributed by atoms with van der Waals surface area (Å²) in [5, 5.41) is 4.04. The number of hydrogen-bond donors (Lipinski definition) is 2. The van der Waals surface area contributed by atoms with Crippen LogP contribution in [0.1, 0.15) is 17.4 Å². The van der Waals surface area contributed by atoms with Crippen LogP contribution in [0.15, 0.2) is 36.5 Å². The number of hydrogen-bond acceptors (Lipinski definition) is 4. The Morgan fingerprint density at radius 1 is 1.33 bits per heavy atom. The number of nitrogens with one attached hydrogen (secondary N) is 1. The van der Waals surface area contributed by atoms with Gasteiger partial charge in [-0.05, 0) is 49.4 Å². The lowest BCUT2D eigenvalue weighted by atomic mass is 10.1. The lowest BCUT2D eigenvalue weighted by molar-refractivity contribution is 0.437. The summed E-state index contributed by atoms with van der Waals surface area (Å²) in [6.07, 6.45) is 0. The minimum absolute atomic E-state index is 0.128. The molecule has 2 heterocycles. The van der Waals surface area contributed by atoms with E-state index in [1.807, 2.05) is 22.9 Å². The summed E-state index contributed by atoms with van der Waals surface area (Å²) in [7, 11) is 0. The number of halogens is 2. The quantitative estimate of drug-likeness (QED) is 0.658. The first-order valence-electron chi connectivity index (χ1n) is 4.15. The summed E-state index contributed by atoms with van der Waals surface area (Å²) in [4.78, 5) is 0. The molecule has 6 heteroatoms. The Bertz CT molecular complexity index is 454. The van der Waals surface area contributed by atoms with Crippen molar-refractivity contribution in [2.24, 2.45) is 5.84 Å². The van der Waals surface area contributed by atoms with Crippen LogP contribution in [0.3, 0.4) is 0 Å². The zero-order chi connectivity index (χ0) is 10.8. The summed E-state index contributed by atoms with van der Waals surface area (Å²) in [5.74, 6) is 6.31. The zero-order valence-corrected chi connectivity index (χ0v) is 11.5. The molecule has 3 nitrogen and oxygen atoms in total. The van der Waals surface area contributed by atoms with Crippen LogP contribution in [0.4, 0.5) is 0 Å². The molecule has 80 valence electrons. The topological polar surface area (TPSA) is 51.2 Å². The Labute approximate surface area is 108 Å². The second kappa shape index (κ2) is 4.80. The minimum atomic E-state index is -0.128. The lowest BCUT2D eigenvalue weighted by Gasteiger charge is -2.12. The van der Waals surface area contributed by atoms with E-state index in [0.29, 0.717) is 4.67 Å². The first-order valence-corrected chi connectivity index (χ1v) is 6.68. The van der Waals surface area contributed by atoms with Crippen molar-refractivity contribution in [1.29, 1.82) is 0 Å². The summed E-state index contributed by atoms with van der Waals surface area (Å²) in [6.45, 7) is 0. The Balaban J connectivity index is 2.36. The van der Waals surface area contributed by atoms with Gasteiger partial charge in [0.25, 0.3) is 0 Å². The molecule has 1 unspecified atom stereocenters. The van der Waals surface area contributed by atoms with Crippen molar-refractivity contribution in [3.05, 3.63) is 43.4 Å². The van der Waals surface area contributed by atoms with Gasteiger partial charge in [-0.3, -0.25) is 5.84 Å². The van der Waals surface area contributed by atoms with Crippen LogP contribution in [0.2, 0.25) is 0 Å². The highest BCUT2D eigenvalue weighted by Gasteiger charge is 2.19. The number of nitrogens with two attached hydrogens (primary N) is 1. The molecule has 2 aromatic heterocycles. The molecule has 2 rings (SSSR count). The third kappa shape index (κ3) is 2.34. The van der Waals surface area contributed by atoms with Crippen molar-refractivity contribution in [2.75, 3.05) is 0 Å². The average molecular weight is 352 g/mol. The molecule has 0 aliphatic carbocycles. The summed E-state index contributed by atoms with van der Waals surface area (Å²) in [5.41, 5.74) is 3.81. The Morgan fingerprint density at radius 2 is 2.13 bits per heavy atom. The van der Waals surface area contributed by atoms with Gasteiger partial charge in [-0.25, -0.2) is 5.43 Å². The molecular weight excluding hydrogens is 344 g/mol. The van der Waals surface area contributed by atoms with Gasteiger partial charge in [-0.1, -0.05) is 0 Å². The van der Waals surface area contributed by atoms with Crippen LogP contribution in [-0.4, -0.2) is 0 Å². The lowest BCUT2D eigenvalue weighted by Crippen LogP contribution is -2.28. The van der Waals surface area contributed by atoms with Gasteiger partial charge in [0.2, 0.25) is 0 Å². The van der Waals surface area contributed by atoms with Crippen molar-refractivity contribution in [1.82, 2.24) is 5.43 Å². The average Bonchev–Trinajstić information content (AvgIpc) is 2.79. The van der Waals surface area contributed by atoms with Gasteiger partial charge in [-0.2, -0.15) is 11.3 Å². The maximum atomic E-state index is 5.53. The number of rotatable bonds is 3. The number of thiophene rings is 1. The van der Waals surface area contributed by atoms with Crippen molar-refractivity contribution < 1.29 is 4.42 Å². The molecule has 15 heavy (non-hydrogen) atoms. The second-order valence-corrected chi connectivity index (χ2v) is 5.30. The molecule has 0 aromatic carbocycles. The van der Waals surface area contributed by atoms with E-state index < -0.39 is 0 Å². The molecule has 0 amide bonds. The molecule has 0 fully saturated rings. The third-order valence-electron chi connectivity index (χ3n) is 2.00. The van der Waals surface area contributed by atoms with Crippen LogP contribution in [-0.2, 0) is 0 Å². The van der Waals surface area contributed by atoms with Gasteiger partial charge < -0.3 is 4.42 Å². The largest absolute Gasteiger partial charge is 0.452 e. The van der Waals surface area contributed by atoms with Crippen LogP contribution >= 0.6 is 43.2 Å². The van der Waals surface area contributed by atoms with E-state index in [-0.39, 0.29) is 6.04 Å². The fourth-order valence-electron chi connectivity index (χ4n) is 1.31. The van der Waals surface area contributed by atoms with Gasteiger partial charge in [0.15, 0.2) is 4.67 Å². The second-order valence-electron chi connectivity index (χ2n) is 2.92. The molecule has 0 saturated heterocycles. The number of hydrazine groups is 1. The van der Waals surface area contributed by atoms with E-state index in [9.17, 15) is 0 Å². The molecule has 0 aliphatic rings. The molecule has 0 aliphatic heterocycles. The molecule has 3 N–H and O–H groups in total. The van der Waals surface area contributed by atoms with Crippen molar-refractivity contribution >= 4 is 43.2 Å². The molecule has 2 aromatic rings. The van der Waals surface area contributed by atoms with Crippen LogP contribution in [0.5, 0.6) is 0 Å². The van der Waals surface area contributed by atoms with E-state index in [1.54, 1.807) is 11.3 Å². The normalized spacial score (nSPS) is 13.0. The van der Waals surface area contributed by atoms with E-state index in [2.05, 4.69) is 37.3 Å². The summed E-state index contributed by atoms with van der Waals surface area (Å²) < 4.78 is 7.20. The Morgan fingerprint density at radius 3 is 2.60 bits per heavy atom. The summed E-state index contributed by atoms with van der Waals surface area (Å²) in [6, 6.07) is 3.61. The summed E-state index contributed by atoms with van der Waals surface area (Å²) >= 11 is 8.36. The predicted octanol–water partition coefficient (Wildman–Crippen LogP) is 3.42. The zero-order valence-electron chi connectivity index (χ0n) is 7.54. The van der Waals surface area contributed by atoms with Crippen molar-refractivity contribution in [3.8, 4) is 0 Å². The fraction of sp³-hybridized carbons (Fsp3) is 0.111. The van der Waals surface area contributed by atoms with Gasteiger partial charge in [0.1, 0.15) is 11.8 Å². The van der Waals surface area contributed by atoms with Crippen LogP contribution < -0.4 is 11.3 Å². The molecule has 1 atom stereocenters. The molecule has 0 bridgehead atoms. The predicted molar refractivity (Wildman–Crippen MR) is 67.6 cm³/mol. The first-order chi connectivity index (χ1) is 7.22. The Kier molecular flexibility index (Phi) is 3.63. The van der Waals surface area contributed by atoms with Gasteiger partial charge in [0.05, 0.1) is 0 Å². The fourth-order valence-corrected chi connectivity index (χ4v) is 3.18. The van der Waals surface area contributed by atoms with Crippen LogP contribution in [0, 0.1) is 0 Å². The monoisotopic (exact) mass is 350 g/mol. The first kappa shape index (κ1) is 11.3. The number of furan rings is 1. The third-order valence-corrected chi connectivity index (χ3v) is 4.18. The van der Waals surface area contributed by atoms with Gasteiger partial charge in [-0.15, -0.1) is 0 Å². The van der Waals surface area contributed by atoms with Crippen molar-refractivity contribution in [2.45, 2.75) is 6.04 Å². The highest BCUT2D eigenvalue weighted by atomic mass is 79.9. The van der Waals surface area contributed by atoms with E-state index in [1.165, 1.54) is 0 Å². The molecular formula is C9H8Br2N2OS. The highest BCUT2D eigenvalue weighted by Crippen LogP contribution is 2.32. The maximum absolute atomic E-state index is 5.53. The molecule has 0 spiro atoms. The standard InChI is InChI=1S/C9H8Br2N2OS/c10-6-4-15-3-5(6)9(13-12)7-1-2-8(11)14-7/h1-4,9,13H,12H2. The smallest absolute Gasteiger partial charge is 0.169 e. The molecule has 0 radical (unpaired) electrons. The minimum Gasteiger partial charge on any atom is -0.452 e. The highest BCUT2D eigenvalue weighted by molar-refractivity contribution is 9.10. The molecule has 0 saturated carbocycles. The van der Waals surface area contributed by atoms with E-state index in [4.69, 9.17) is 10.3 Å². The van der Waals surface area contributed by atoms with Gasteiger partial charge in [0, 0.05) is 15.4 Å². The van der Waals surface area contributed by atoms with Crippen molar-refractivity contribution in [3.63, 3.8) is 0 Å². The SMILES string of the molecule is NNC(c1ccc(Br)o1)c1cscc1Br. The van der Waals surface area contributed by atoms with E-state index >= 15 is 0 Å². The maximum Gasteiger partial charge on any atom is 0.169 e. The van der Waals surface area contributed by atoms with Crippen LogP contribution in [0.25, 0.3) is 0 Å².